The monoisotopic (exact) mass is 329 g/mol. The van der Waals surface area contributed by atoms with Crippen molar-refractivity contribution >= 4 is 5.91 Å². The van der Waals surface area contributed by atoms with E-state index in [1.807, 2.05) is 38.1 Å². The van der Waals surface area contributed by atoms with E-state index in [0.29, 0.717) is 5.82 Å². The van der Waals surface area contributed by atoms with Gasteiger partial charge in [0, 0.05) is 11.6 Å². The number of hydrogen-bond acceptors (Lipinski definition) is 4. The Balaban J connectivity index is 1.83. The molecular weight excluding hydrogens is 302 g/mol. The summed E-state index contributed by atoms with van der Waals surface area (Å²) in [6, 6.07) is 8.04. The highest BCUT2D eigenvalue weighted by atomic mass is 16.2. The predicted octanol–water partition coefficient (Wildman–Crippen LogP) is 3.12. The van der Waals surface area contributed by atoms with Crippen LogP contribution in [0, 0.1) is 6.92 Å². The first-order valence-corrected chi connectivity index (χ1v) is 8.73. The molecule has 0 saturated heterocycles. The van der Waals surface area contributed by atoms with Crippen molar-refractivity contribution < 1.29 is 4.79 Å². The molecule has 1 aromatic heterocycles. The Morgan fingerprint density at radius 3 is 2.79 bits per heavy atom. The number of unbranched alkanes of at least 4 members (excludes halogenated alkanes) is 3. The average molecular weight is 329 g/mol. The molecule has 0 saturated carbocycles. The van der Waals surface area contributed by atoms with E-state index in [1.54, 1.807) is 0 Å². The van der Waals surface area contributed by atoms with Gasteiger partial charge in [-0.1, -0.05) is 56.9 Å². The van der Waals surface area contributed by atoms with E-state index in [9.17, 15) is 4.79 Å². The molecule has 0 fully saturated rings. The fraction of sp³-hybridized carbons (Fsp3) is 0.556. The fourth-order valence-electron chi connectivity index (χ4n) is 2.64. The SMILES string of the molecule is CCCCCC[C@H](C)NC(=O)Cn1nnc(-c2ccccc2C)n1. The lowest BCUT2D eigenvalue weighted by Crippen LogP contribution is -2.35. The van der Waals surface area contributed by atoms with Gasteiger partial charge in [-0.15, -0.1) is 10.2 Å². The summed E-state index contributed by atoms with van der Waals surface area (Å²) in [7, 11) is 0. The molecular formula is C18H27N5O. The van der Waals surface area contributed by atoms with Gasteiger partial charge in [0.15, 0.2) is 0 Å². The second-order valence-corrected chi connectivity index (χ2v) is 6.28. The average Bonchev–Trinajstić information content (AvgIpc) is 3.00. The van der Waals surface area contributed by atoms with Crippen LogP contribution in [0.25, 0.3) is 11.4 Å². The molecule has 1 atom stereocenters. The summed E-state index contributed by atoms with van der Waals surface area (Å²) >= 11 is 0. The lowest BCUT2D eigenvalue weighted by molar-refractivity contribution is -0.122. The molecule has 2 aromatic rings. The van der Waals surface area contributed by atoms with Crippen molar-refractivity contribution in [3.63, 3.8) is 0 Å². The maximum Gasteiger partial charge on any atom is 0.243 e. The Morgan fingerprint density at radius 2 is 2.04 bits per heavy atom. The van der Waals surface area contributed by atoms with Gasteiger partial charge in [0.1, 0.15) is 6.54 Å². The summed E-state index contributed by atoms with van der Waals surface area (Å²) in [6.07, 6.45) is 5.85. The third kappa shape index (κ3) is 5.44. The van der Waals surface area contributed by atoms with Crippen LogP contribution in [0.15, 0.2) is 24.3 Å². The Bertz CT molecular complexity index is 652. The van der Waals surface area contributed by atoms with Crippen LogP contribution in [0.5, 0.6) is 0 Å². The van der Waals surface area contributed by atoms with E-state index in [2.05, 4.69) is 27.7 Å². The zero-order chi connectivity index (χ0) is 17.4. The molecule has 0 aliphatic heterocycles. The molecule has 0 aliphatic rings. The molecule has 0 unspecified atom stereocenters. The largest absolute Gasteiger partial charge is 0.352 e. The Hall–Kier alpha value is -2.24. The number of benzene rings is 1. The molecule has 0 radical (unpaired) electrons. The lowest BCUT2D eigenvalue weighted by atomic mass is 10.1. The molecule has 2 rings (SSSR count). The molecule has 0 spiro atoms. The van der Waals surface area contributed by atoms with E-state index in [4.69, 9.17) is 0 Å². The van der Waals surface area contributed by atoms with E-state index in [-0.39, 0.29) is 18.5 Å². The van der Waals surface area contributed by atoms with Crippen LogP contribution in [-0.2, 0) is 11.3 Å². The quantitative estimate of drug-likeness (QED) is 0.717. The van der Waals surface area contributed by atoms with Gasteiger partial charge in [0.25, 0.3) is 0 Å². The highest BCUT2D eigenvalue weighted by molar-refractivity contribution is 5.75. The molecule has 24 heavy (non-hydrogen) atoms. The van der Waals surface area contributed by atoms with E-state index < -0.39 is 0 Å². The Kier molecular flexibility index (Phi) is 6.90. The van der Waals surface area contributed by atoms with Gasteiger partial charge in [-0.3, -0.25) is 4.79 Å². The van der Waals surface area contributed by atoms with E-state index in [1.165, 1.54) is 24.1 Å². The van der Waals surface area contributed by atoms with Gasteiger partial charge in [-0.25, -0.2) is 0 Å². The number of nitrogens with one attached hydrogen (secondary N) is 1. The predicted molar refractivity (Wildman–Crippen MR) is 94.4 cm³/mol. The van der Waals surface area contributed by atoms with Crippen molar-refractivity contribution in [2.75, 3.05) is 0 Å². The zero-order valence-corrected chi connectivity index (χ0v) is 14.8. The molecule has 130 valence electrons. The highest BCUT2D eigenvalue weighted by Crippen LogP contribution is 2.17. The molecule has 1 amide bonds. The molecule has 6 nitrogen and oxygen atoms in total. The van der Waals surface area contributed by atoms with Crippen LogP contribution in [0.1, 0.15) is 51.5 Å². The summed E-state index contributed by atoms with van der Waals surface area (Å²) in [5, 5.41) is 15.3. The minimum absolute atomic E-state index is 0.0771. The second-order valence-electron chi connectivity index (χ2n) is 6.28. The fourth-order valence-corrected chi connectivity index (χ4v) is 2.64. The molecule has 1 N–H and O–H groups in total. The Labute approximate surface area is 143 Å². The van der Waals surface area contributed by atoms with E-state index >= 15 is 0 Å². The van der Waals surface area contributed by atoms with E-state index in [0.717, 1.165) is 24.0 Å². The number of amides is 1. The summed E-state index contributed by atoms with van der Waals surface area (Å²) in [5.41, 5.74) is 2.02. The molecule has 6 heteroatoms. The molecule has 0 aliphatic carbocycles. The van der Waals surface area contributed by atoms with Crippen LogP contribution < -0.4 is 5.32 Å². The number of aryl methyl sites for hydroxylation is 1. The van der Waals surface area contributed by atoms with Crippen molar-refractivity contribution in [2.45, 2.75) is 65.5 Å². The zero-order valence-electron chi connectivity index (χ0n) is 14.8. The lowest BCUT2D eigenvalue weighted by Gasteiger charge is -2.13. The number of tetrazole rings is 1. The minimum Gasteiger partial charge on any atom is -0.352 e. The third-order valence-electron chi connectivity index (χ3n) is 4.02. The number of aromatic nitrogens is 4. The van der Waals surface area contributed by atoms with Crippen LogP contribution in [0.4, 0.5) is 0 Å². The number of carbonyl (C=O) groups is 1. The summed E-state index contributed by atoms with van der Waals surface area (Å²) in [6.45, 7) is 6.33. The maximum atomic E-state index is 12.1. The van der Waals surface area contributed by atoms with Gasteiger partial charge < -0.3 is 5.32 Å². The first-order valence-electron chi connectivity index (χ1n) is 8.73. The standard InChI is InChI=1S/C18H27N5O/c1-4-5-6-7-11-15(3)19-17(24)13-23-21-18(20-22-23)16-12-9-8-10-14(16)2/h8-10,12,15H,4-7,11,13H2,1-3H3,(H,19,24)/t15-/m0/s1. The van der Waals surface area contributed by atoms with Crippen molar-refractivity contribution in [3.05, 3.63) is 29.8 Å². The maximum absolute atomic E-state index is 12.1. The third-order valence-corrected chi connectivity index (χ3v) is 4.02. The summed E-state index contributed by atoms with van der Waals surface area (Å²) in [5.74, 6) is 0.472. The van der Waals surface area contributed by atoms with Gasteiger partial charge in [0.2, 0.25) is 11.7 Å². The van der Waals surface area contributed by atoms with Crippen molar-refractivity contribution in [1.29, 1.82) is 0 Å². The van der Waals surface area contributed by atoms with Crippen LogP contribution in [0.2, 0.25) is 0 Å². The number of hydrogen-bond donors (Lipinski definition) is 1. The molecule has 0 bridgehead atoms. The van der Waals surface area contributed by atoms with Crippen LogP contribution >= 0.6 is 0 Å². The molecule has 1 heterocycles. The Morgan fingerprint density at radius 1 is 1.25 bits per heavy atom. The van der Waals surface area contributed by atoms with Crippen molar-refractivity contribution in [2.24, 2.45) is 0 Å². The van der Waals surface area contributed by atoms with Gasteiger partial charge in [0.05, 0.1) is 0 Å². The topological polar surface area (TPSA) is 72.7 Å². The van der Waals surface area contributed by atoms with Gasteiger partial charge in [-0.2, -0.15) is 4.80 Å². The number of nitrogens with zero attached hydrogens (tertiary/aromatic N) is 4. The van der Waals surface area contributed by atoms with Crippen LogP contribution in [0.3, 0.4) is 0 Å². The number of carbonyl (C=O) groups excluding carboxylic acids is 1. The summed E-state index contributed by atoms with van der Waals surface area (Å²) in [4.78, 5) is 13.4. The first-order chi connectivity index (χ1) is 11.6. The van der Waals surface area contributed by atoms with Gasteiger partial charge >= 0.3 is 0 Å². The first kappa shape index (κ1) is 18.1. The van der Waals surface area contributed by atoms with Crippen LogP contribution in [-0.4, -0.2) is 32.2 Å². The highest BCUT2D eigenvalue weighted by Gasteiger charge is 2.12. The second kappa shape index (κ2) is 9.15. The smallest absolute Gasteiger partial charge is 0.243 e. The normalized spacial score (nSPS) is 12.1. The van der Waals surface area contributed by atoms with Crippen molar-refractivity contribution in [3.8, 4) is 11.4 Å². The van der Waals surface area contributed by atoms with Gasteiger partial charge in [-0.05, 0) is 31.0 Å². The minimum atomic E-state index is -0.0771. The van der Waals surface area contributed by atoms with Crippen molar-refractivity contribution in [1.82, 2.24) is 25.5 Å². The number of rotatable bonds is 9. The molecule has 1 aromatic carbocycles. The summed E-state index contributed by atoms with van der Waals surface area (Å²) < 4.78 is 0.